The van der Waals surface area contributed by atoms with Gasteiger partial charge in [-0.05, 0) is 42.5 Å². The van der Waals surface area contributed by atoms with Gasteiger partial charge in [0.25, 0.3) is 0 Å². The molecular weight excluding hydrogens is 244 g/mol. The molecule has 2 nitrogen and oxygen atoms in total. The maximum absolute atomic E-state index is 6.13. The summed E-state index contributed by atoms with van der Waals surface area (Å²) < 4.78 is 0. The fourth-order valence-electron chi connectivity index (χ4n) is 2.55. The number of hydrogen-bond donors (Lipinski definition) is 1. The number of hydrogen-bond acceptors (Lipinski definition) is 2. The number of aryl methyl sites for hydroxylation is 2. The van der Waals surface area contributed by atoms with E-state index < -0.39 is 0 Å². The highest BCUT2D eigenvalue weighted by Gasteiger charge is 2.22. The average Bonchev–Trinajstić information content (AvgIpc) is 2.78. The van der Waals surface area contributed by atoms with Gasteiger partial charge in [0.15, 0.2) is 5.15 Å². The van der Waals surface area contributed by atoms with Crippen LogP contribution in [0.25, 0.3) is 0 Å². The van der Waals surface area contributed by atoms with Gasteiger partial charge in [-0.15, -0.1) is 0 Å². The number of rotatable bonds is 2. The van der Waals surface area contributed by atoms with Crippen LogP contribution < -0.4 is 5.32 Å². The molecule has 0 spiro atoms. The number of nitrogens with one attached hydrogen (secondary N) is 1. The summed E-state index contributed by atoms with van der Waals surface area (Å²) in [6, 6.07) is 11.0. The van der Waals surface area contributed by atoms with Crippen LogP contribution in [-0.4, -0.2) is 4.98 Å². The minimum absolute atomic E-state index is 0.349. The molecule has 3 heteroatoms. The standard InChI is InChI=1S/C15H15ClN2/c1-10-8-14(15(16)17-9-10)18-13-7-6-11-4-2-3-5-12(11)13/h2-5,8-9,13,18H,6-7H2,1H3. The fraction of sp³-hybridized carbons (Fsp3) is 0.267. The Labute approximate surface area is 112 Å². The Hall–Kier alpha value is -1.54. The fourth-order valence-corrected chi connectivity index (χ4v) is 2.71. The van der Waals surface area contributed by atoms with Crippen LogP contribution in [0.5, 0.6) is 0 Å². The van der Waals surface area contributed by atoms with Crippen LogP contribution >= 0.6 is 11.6 Å². The lowest BCUT2D eigenvalue weighted by Crippen LogP contribution is -2.08. The van der Waals surface area contributed by atoms with Crippen molar-refractivity contribution >= 4 is 17.3 Å². The Kier molecular flexibility index (Phi) is 2.96. The normalized spacial score (nSPS) is 17.6. The van der Waals surface area contributed by atoms with E-state index in [1.165, 1.54) is 11.1 Å². The summed E-state index contributed by atoms with van der Waals surface area (Å²) in [5.74, 6) is 0. The molecule has 3 rings (SSSR count). The molecule has 2 aromatic rings. The van der Waals surface area contributed by atoms with Crippen molar-refractivity contribution in [2.24, 2.45) is 0 Å². The van der Waals surface area contributed by atoms with E-state index in [0.29, 0.717) is 11.2 Å². The van der Waals surface area contributed by atoms with Crippen LogP contribution in [0.1, 0.15) is 29.2 Å². The molecule has 0 bridgehead atoms. The van der Waals surface area contributed by atoms with Gasteiger partial charge in [0.1, 0.15) is 0 Å². The van der Waals surface area contributed by atoms with Gasteiger partial charge in [-0.3, -0.25) is 0 Å². The smallest absolute Gasteiger partial charge is 0.152 e. The first-order chi connectivity index (χ1) is 8.74. The van der Waals surface area contributed by atoms with Gasteiger partial charge < -0.3 is 5.32 Å². The number of pyridine rings is 1. The lowest BCUT2D eigenvalue weighted by molar-refractivity contribution is 0.761. The molecule has 1 aromatic carbocycles. The highest BCUT2D eigenvalue weighted by Crippen LogP contribution is 2.35. The van der Waals surface area contributed by atoms with E-state index in [1.807, 2.05) is 6.92 Å². The van der Waals surface area contributed by atoms with Gasteiger partial charge >= 0.3 is 0 Å². The predicted octanol–water partition coefficient (Wildman–Crippen LogP) is 4.14. The predicted molar refractivity (Wildman–Crippen MR) is 75.1 cm³/mol. The quantitative estimate of drug-likeness (QED) is 0.819. The van der Waals surface area contributed by atoms with E-state index in [1.54, 1.807) is 6.20 Å². The number of anilines is 1. The minimum atomic E-state index is 0.349. The van der Waals surface area contributed by atoms with E-state index in [2.05, 4.69) is 40.6 Å². The summed E-state index contributed by atoms with van der Waals surface area (Å²) in [4.78, 5) is 4.18. The third-order valence-corrected chi connectivity index (χ3v) is 3.74. The van der Waals surface area contributed by atoms with Crippen molar-refractivity contribution in [3.8, 4) is 0 Å². The second kappa shape index (κ2) is 4.62. The number of aromatic nitrogens is 1. The highest BCUT2D eigenvalue weighted by atomic mass is 35.5. The van der Waals surface area contributed by atoms with E-state index in [-0.39, 0.29) is 0 Å². The second-order valence-corrected chi connectivity index (χ2v) is 5.14. The number of benzene rings is 1. The van der Waals surface area contributed by atoms with E-state index in [0.717, 1.165) is 24.1 Å². The van der Waals surface area contributed by atoms with Gasteiger partial charge in [-0.25, -0.2) is 4.98 Å². The molecule has 18 heavy (non-hydrogen) atoms. The molecule has 1 N–H and O–H groups in total. The first-order valence-corrected chi connectivity index (χ1v) is 6.58. The van der Waals surface area contributed by atoms with Gasteiger partial charge in [-0.2, -0.15) is 0 Å². The van der Waals surface area contributed by atoms with Gasteiger partial charge in [0, 0.05) is 6.20 Å². The van der Waals surface area contributed by atoms with Gasteiger partial charge in [-0.1, -0.05) is 35.9 Å². The summed E-state index contributed by atoms with van der Waals surface area (Å²) >= 11 is 6.13. The number of fused-ring (bicyclic) bond motifs is 1. The Bertz CT molecular complexity index is 580. The minimum Gasteiger partial charge on any atom is -0.376 e. The lowest BCUT2D eigenvalue weighted by atomic mass is 10.1. The second-order valence-electron chi connectivity index (χ2n) is 4.79. The molecule has 0 saturated carbocycles. The summed E-state index contributed by atoms with van der Waals surface area (Å²) in [6.07, 6.45) is 4.03. The topological polar surface area (TPSA) is 24.9 Å². The molecule has 0 radical (unpaired) electrons. The lowest BCUT2D eigenvalue weighted by Gasteiger charge is -2.16. The number of halogens is 1. The number of nitrogens with zero attached hydrogens (tertiary/aromatic N) is 1. The molecule has 0 saturated heterocycles. The Balaban J connectivity index is 1.88. The van der Waals surface area contributed by atoms with Crippen molar-refractivity contribution in [3.05, 3.63) is 58.4 Å². The largest absolute Gasteiger partial charge is 0.376 e. The summed E-state index contributed by atoms with van der Waals surface area (Å²) in [5, 5.41) is 4.06. The molecule has 0 aliphatic heterocycles. The van der Waals surface area contributed by atoms with Crippen molar-refractivity contribution in [2.75, 3.05) is 5.32 Å². The zero-order chi connectivity index (χ0) is 12.5. The van der Waals surface area contributed by atoms with Crippen LogP contribution in [0, 0.1) is 6.92 Å². The molecule has 1 unspecified atom stereocenters. The third kappa shape index (κ3) is 2.08. The summed E-state index contributed by atoms with van der Waals surface area (Å²) in [5.41, 5.74) is 4.87. The van der Waals surface area contributed by atoms with E-state index in [9.17, 15) is 0 Å². The maximum atomic E-state index is 6.13. The average molecular weight is 259 g/mol. The molecule has 0 amide bonds. The van der Waals surface area contributed by atoms with E-state index in [4.69, 9.17) is 11.6 Å². The molecule has 1 aliphatic carbocycles. The molecule has 1 aliphatic rings. The van der Waals surface area contributed by atoms with Crippen molar-refractivity contribution in [1.82, 2.24) is 4.98 Å². The van der Waals surface area contributed by atoms with Crippen LogP contribution in [0.2, 0.25) is 5.15 Å². The third-order valence-electron chi connectivity index (χ3n) is 3.44. The van der Waals surface area contributed by atoms with Gasteiger partial charge in [0.2, 0.25) is 0 Å². The molecule has 92 valence electrons. The molecule has 1 heterocycles. The van der Waals surface area contributed by atoms with Crippen LogP contribution in [0.15, 0.2) is 36.5 Å². The summed E-state index contributed by atoms with van der Waals surface area (Å²) in [7, 11) is 0. The first-order valence-electron chi connectivity index (χ1n) is 6.20. The van der Waals surface area contributed by atoms with Crippen molar-refractivity contribution in [1.29, 1.82) is 0 Å². The maximum Gasteiger partial charge on any atom is 0.152 e. The molecule has 0 fully saturated rings. The van der Waals surface area contributed by atoms with Crippen LogP contribution in [-0.2, 0) is 6.42 Å². The molecular formula is C15H15ClN2. The summed E-state index contributed by atoms with van der Waals surface area (Å²) in [6.45, 7) is 2.02. The van der Waals surface area contributed by atoms with Crippen molar-refractivity contribution in [3.63, 3.8) is 0 Å². The molecule has 1 aromatic heterocycles. The van der Waals surface area contributed by atoms with Crippen LogP contribution in [0.3, 0.4) is 0 Å². The first kappa shape index (κ1) is 11.5. The Morgan fingerprint density at radius 3 is 3.06 bits per heavy atom. The van der Waals surface area contributed by atoms with Gasteiger partial charge in [0.05, 0.1) is 11.7 Å². The molecule has 1 atom stereocenters. The monoisotopic (exact) mass is 258 g/mol. The SMILES string of the molecule is Cc1cnc(Cl)c(NC2CCc3ccccc32)c1. The highest BCUT2D eigenvalue weighted by molar-refractivity contribution is 6.32. The Morgan fingerprint density at radius 2 is 2.17 bits per heavy atom. The van der Waals surface area contributed by atoms with Crippen LogP contribution in [0.4, 0.5) is 5.69 Å². The van der Waals surface area contributed by atoms with Crippen molar-refractivity contribution in [2.45, 2.75) is 25.8 Å². The zero-order valence-corrected chi connectivity index (χ0v) is 11.0. The van der Waals surface area contributed by atoms with E-state index >= 15 is 0 Å². The Morgan fingerprint density at radius 1 is 1.33 bits per heavy atom. The van der Waals surface area contributed by atoms with Crippen molar-refractivity contribution < 1.29 is 0 Å². The zero-order valence-electron chi connectivity index (χ0n) is 10.3.